The lowest BCUT2D eigenvalue weighted by atomic mass is 9.87. The minimum atomic E-state index is -0.214. The topological polar surface area (TPSA) is 80.9 Å². The van der Waals surface area contributed by atoms with Crippen molar-refractivity contribution in [1.29, 1.82) is 0 Å². The number of carbonyl (C=O) groups excluding carboxylic acids is 1. The van der Waals surface area contributed by atoms with E-state index in [1.807, 2.05) is 20.8 Å². The Morgan fingerprint density at radius 1 is 1.67 bits per heavy atom. The molecule has 1 aromatic heterocycles. The van der Waals surface area contributed by atoms with Gasteiger partial charge in [0.05, 0.1) is 17.9 Å². The number of hydrogen-bond acceptors (Lipinski definition) is 5. The molecule has 0 bridgehead atoms. The Balaban J connectivity index is 2.65. The third kappa shape index (κ3) is 3.24. The van der Waals surface area contributed by atoms with Crippen molar-refractivity contribution in [2.75, 3.05) is 6.54 Å². The molecule has 0 aliphatic heterocycles. The molecule has 1 aromatic rings. The molecule has 84 valence electrons. The number of carbonyl (C=O) groups is 1. The summed E-state index contributed by atoms with van der Waals surface area (Å²) in [5.41, 5.74) is 5.90. The molecule has 5 nitrogen and oxygen atoms in total. The predicted octanol–water partition coefficient (Wildman–Crippen LogP) is 0.641. The van der Waals surface area contributed by atoms with Gasteiger partial charge < -0.3 is 11.1 Å². The van der Waals surface area contributed by atoms with Crippen molar-refractivity contribution in [3.63, 3.8) is 0 Å². The van der Waals surface area contributed by atoms with Gasteiger partial charge in [0.1, 0.15) is 0 Å². The van der Waals surface area contributed by atoms with E-state index >= 15 is 0 Å². The molecular weight excluding hydrogens is 212 g/mol. The Morgan fingerprint density at radius 3 is 2.73 bits per heavy atom. The predicted molar refractivity (Wildman–Crippen MR) is 59.7 cm³/mol. The zero-order valence-corrected chi connectivity index (χ0v) is 9.97. The van der Waals surface area contributed by atoms with Gasteiger partial charge >= 0.3 is 0 Å². The quantitative estimate of drug-likeness (QED) is 0.795. The zero-order chi connectivity index (χ0) is 11.5. The van der Waals surface area contributed by atoms with Crippen LogP contribution in [0.15, 0.2) is 6.20 Å². The van der Waals surface area contributed by atoms with Crippen LogP contribution in [0.3, 0.4) is 0 Å². The Bertz CT molecular complexity index is 317. The molecule has 15 heavy (non-hydrogen) atoms. The fourth-order valence-corrected chi connectivity index (χ4v) is 1.54. The van der Waals surface area contributed by atoms with Crippen molar-refractivity contribution in [3.05, 3.63) is 11.9 Å². The average Bonchev–Trinajstić information content (AvgIpc) is 2.64. The van der Waals surface area contributed by atoms with Crippen LogP contribution in [0.5, 0.6) is 0 Å². The van der Waals surface area contributed by atoms with E-state index in [-0.39, 0.29) is 17.4 Å². The van der Waals surface area contributed by atoms with Gasteiger partial charge in [0, 0.05) is 12.6 Å². The van der Waals surface area contributed by atoms with E-state index in [0.29, 0.717) is 12.2 Å². The van der Waals surface area contributed by atoms with Crippen molar-refractivity contribution in [3.8, 4) is 0 Å². The zero-order valence-electron chi connectivity index (χ0n) is 9.15. The number of rotatable bonds is 3. The van der Waals surface area contributed by atoms with Gasteiger partial charge in [-0.2, -0.15) is 8.75 Å². The van der Waals surface area contributed by atoms with Crippen LogP contribution in [0.2, 0.25) is 0 Å². The highest BCUT2D eigenvalue weighted by Crippen LogP contribution is 2.18. The summed E-state index contributed by atoms with van der Waals surface area (Å²) in [6.45, 7) is 6.51. The lowest BCUT2D eigenvalue weighted by molar-refractivity contribution is 0.0901. The largest absolute Gasteiger partial charge is 0.346 e. The molecule has 1 rings (SSSR count). The molecule has 0 aromatic carbocycles. The second kappa shape index (κ2) is 4.67. The molecule has 1 heterocycles. The smallest absolute Gasteiger partial charge is 0.272 e. The number of nitrogens with two attached hydrogens (primary N) is 1. The highest BCUT2D eigenvalue weighted by atomic mass is 32.1. The van der Waals surface area contributed by atoms with Gasteiger partial charge in [-0.3, -0.25) is 4.79 Å². The SMILES string of the molecule is CC(C)(C)C(CN)NC(=O)c1cnsn1. The summed E-state index contributed by atoms with van der Waals surface area (Å²) in [5, 5.41) is 2.85. The van der Waals surface area contributed by atoms with Crippen molar-refractivity contribution in [1.82, 2.24) is 14.1 Å². The monoisotopic (exact) mass is 228 g/mol. The van der Waals surface area contributed by atoms with Crippen LogP contribution in [-0.4, -0.2) is 27.2 Å². The first-order valence-corrected chi connectivity index (χ1v) is 5.46. The van der Waals surface area contributed by atoms with Gasteiger partial charge in [0.25, 0.3) is 5.91 Å². The normalized spacial score (nSPS) is 13.6. The molecule has 0 radical (unpaired) electrons. The summed E-state index contributed by atoms with van der Waals surface area (Å²) in [6.07, 6.45) is 1.45. The highest BCUT2D eigenvalue weighted by molar-refractivity contribution is 6.99. The summed E-state index contributed by atoms with van der Waals surface area (Å²) in [6, 6.07) is -0.0632. The standard InChI is InChI=1S/C9H16N4OS/c1-9(2,3)7(4-10)12-8(14)6-5-11-15-13-6/h5,7H,4,10H2,1-3H3,(H,12,14). The number of amides is 1. The Morgan fingerprint density at radius 2 is 2.33 bits per heavy atom. The molecule has 1 unspecified atom stereocenters. The lowest BCUT2D eigenvalue weighted by Crippen LogP contribution is -2.48. The second-order valence-electron chi connectivity index (χ2n) is 4.42. The Kier molecular flexibility index (Phi) is 3.76. The van der Waals surface area contributed by atoms with E-state index in [0.717, 1.165) is 11.7 Å². The minimum Gasteiger partial charge on any atom is -0.346 e. The molecule has 1 atom stereocenters. The molecule has 1 amide bonds. The maximum atomic E-state index is 11.7. The van der Waals surface area contributed by atoms with E-state index in [4.69, 9.17) is 5.73 Å². The highest BCUT2D eigenvalue weighted by Gasteiger charge is 2.25. The molecule has 3 N–H and O–H groups in total. The fraction of sp³-hybridized carbons (Fsp3) is 0.667. The molecule has 0 aliphatic carbocycles. The molecule has 0 fully saturated rings. The van der Waals surface area contributed by atoms with Crippen LogP contribution < -0.4 is 11.1 Å². The van der Waals surface area contributed by atoms with Gasteiger partial charge in [0.15, 0.2) is 5.69 Å². The van der Waals surface area contributed by atoms with Crippen LogP contribution in [0.25, 0.3) is 0 Å². The molecule has 0 saturated heterocycles. The van der Waals surface area contributed by atoms with Crippen molar-refractivity contribution >= 4 is 17.6 Å². The summed E-state index contributed by atoms with van der Waals surface area (Å²) in [4.78, 5) is 11.7. The lowest BCUT2D eigenvalue weighted by Gasteiger charge is -2.29. The molecule has 0 spiro atoms. The number of aromatic nitrogens is 2. The number of nitrogens with one attached hydrogen (secondary N) is 1. The fourth-order valence-electron chi connectivity index (χ4n) is 1.13. The summed E-state index contributed by atoms with van der Waals surface area (Å²) in [7, 11) is 0. The van der Waals surface area contributed by atoms with E-state index in [9.17, 15) is 4.79 Å². The van der Waals surface area contributed by atoms with Crippen LogP contribution in [0, 0.1) is 5.41 Å². The molecule has 0 saturated carbocycles. The van der Waals surface area contributed by atoms with Crippen LogP contribution in [-0.2, 0) is 0 Å². The minimum absolute atomic E-state index is 0.0616. The van der Waals surface area contributed by atoms with E-state index in [1.165, 1.54) is 6.20 Å². The second-order valence-corrected chi connectivity index (χ2v) is 4.98. The van der Waals surface area contributed by atoms with Crippen molar-refractivity contribution in [2.24, 2.45) is 11.1 Å². The van der Waals surface area contributed by atoms with Gasteiger partial charge in [0.2, 0.25) is 0 Å². The van der Waals surface area contributed by atoms with Gasteiger partial charge in [-0.25, -0.2) is 0 Å². The first-order valence-electron chi connectivity index (χ1n) is 4.73. The van der Waals surface area contributed by atoms with Crippen LogP contribution in [0.1, 0.15) is 31.3 Å². The first-order chi connectivity index (χ1) is 6.95. The number of nitrogens with zero attached hydrogens (tertiary/aromatic N) is 2. The maximum absolute atomic E-state index is 11.7. The maximum Gasteiger partial charge on any atom is 0.272 e. The van der Waals surface area contributed by atoms with Gasteiger partial charge in [-0.1, -0.05) is 20.8 Å². The summed E-state index contributed by atoms with van der Waals surface area (Å²) in [5.74, 6) is -0.214. The average molecular weight is 228 g/mol. The van der Waals surface area contributed by atoms with E-state index < -0.39 is 0 Å². The summed E-state index contributed by atoms with van der Waals surface area (Å²) >= 11 is 1.02. The van der Waals surface area contributed by atoms with Crippen LogP contribution >= 0.6 is 11.7 Å². The third-order valence-corrected chi connectivity index (χ3v) is 2.66. The Labute approximate surface area is 93.4 Å². The van der Waals surface area contributed by atoms with E-state index in [1.54, 1.807) is 0 Å². The number of hydrogen-bond donors (Lipinski definition) is 2. The van der Waals surface area contributed by atoms with Crippen molar-refractivity contribution < 1.29 is 4.79 Å². The van der Waals surface area contributed by atoms with Crippen LogP contribution in [0.4, 0.5) is 0 Å². The molecular formula is C9H16N4OS. The van der Waals surface area contributed by atoms with Crippen molar-refractivity contribution in [2.45, 2.75) is 26.8 Å². The van der Waals surface area contributed by atoms with Gasteiger partial charge in [-0.05, 0) is 5.41 Å². The molecule has 0 aliphatic rings. The Hall–Kier alpha value is -1.01. The van der Waals surface area contributed by atoms with Gasteiger partial charge in [-0.15, -0.1) is 0 Å². The summed E-state index contributed by atoms with van der Waals surface area (Å²) < 4.78 is 7.64. The third-order valence-electron chi connectivity index (χ3n) is 2.18. The van der Waals surface area contributed by atoms with E-state index in [2.05, 4.69) is 14.1 Å². The molecule has 6 heteroatoms. The first kappa shape index (κ1) is 12.1.